The van der Waals surface area contributed by atoms with E-state index in [1.807, 2.05) is 11.8 Å². The number of hydrogen-bond acceptors (Lipinski definition) is 5. The Labute approximate surface area is 149 Å². The van der Waals surface area contributed by atoms with Crippen LogP contribution >= 0.6 is 0 Å². The summed E-state index contributed by atoms with van der Waals surface area (Å²) in [4.78, 5) is 18.4. The molecule has 1 aliphatic heterocycles. The molecule has 1 unspecified atom stereocenters. The molecule has 7 nitrogen and oxygen atoms in total. The molecule has 140 valence electrons. The Bertz CT molecular complexity index is 542. The zero-order valence-electron chi connectivity index (χ0n) is 15.2. The monoisotopic (exact) mass is 350 g/mol. The summed E-state index contributed by atoms with van der Waals surface area (Å²) in [6.45, 7) is 5.51. The lowest BCUT2D eigenvalue weighted by Gasteiger charge is -2.30. The zero-order valence-corrected chi connectivity index (χ0v) is 15.2. The van der Waals surface area contributed by atoms with Crippen LogP contribution < -0.4 is 5.32 Å². The molecule has 3 rings (SSSR count). The van der Waals surface area contributed by atoms with E-state index in [1.54, 1.807) is 0 Å². The van der Waals surface area contributed by atoms with Gasteiger partial charge >= 0.3 is 6.03 Å². The lowest BCUT2D eigenvalue weighted by atomic mass is 9.98. The highest BCUT2D eigenvalue weighted by Crippen LogP contribution is 2.26. The Morgan fingerprint density at radius 2 is 2.16 bits per heavy atom. The number of urea groups is 1. The van der Waals surface area contributed by atoms with Gasteiger partial charge < -0.3 is 19.5 Å². The zero-order chi connectivity index (χ0) is 17.5. The Balaban J connectivity index is 1.43. The second kappa shape index (κ2) is 9.17. The van der Waals surface area contributed by atoms with Gasteiger partial charge in [0.25, 0.3) is 0 Å². The van der Waals surface area contributed by atoms with Gasteiger partial charge in [-0.1, -0.05) is 18.0 Å². The number of piperidine rings is 1. The highest BCUT2D eigenvalue weighted by molar-refractivity contribution is 5.74. The summed E-state index contributed by atoms with van der Waals surface area (Å²) >= 11 is 0. The van der Waals surface area contributed by atoms with E-state index >= 15 is 0 Å². The number of carbonyl (C=O) groups is 1. The molecular weight excluding hydrogens is 320 g/mol. The third kappa shape index (κ3) is 5.17. The highest BCUT2D eigenvalue weighted by Gasteiger charge is 2.28. The quantitative estimate of drug-likeness (QED) is 0.765. The standard InChI is InChI=1S/C18H30N4O3/c1-2-19-18(23)22-10-5-8-15(12-22)17-20-16(21-25-17)9-11-24-13-14-6-3-4-7-14/h14-15H,2-13H2,1H3,(H,19,23). The van der Waals surface area contributed by atoms with Crippen molar-refractivity contribution in [3.05, 3.63) is 11.7 Å². The molecule has 0 spiro atoms. The predicted molar refractivity (Wildman–Crippen MR) is 93.4 cm³/mol. The molecule has 7 heteroatoms. The molecule has 1 N–H and O–H groups in total. The van der Waals surface area contributed by atoms with Crippen molar-refractivity contribution >= 4 is 6.03 Å². The Kier molecular flexibility index (Phi) is 6.67. The van der Waals surface area contributed by atoms with Crippen molar-refractivity contribution in [3.8, 4) is 0 Å². The fraction of sp³-hybridized carbons (Fsp3) is 0.833. The van der Waals surface area contributed by atoms with Gasteiger partial charge in [-0.3, -0.25) is 0 Å². The van der Waals surface area contributed by atoms with Gasteiger partial charge in [-0.2, -0.15) is 4.98 Å². The summed E-state index contributed by atoms with van der Waals surface area (Å²) in [5.74, 6) is 2.23. The highest BCUT2D eigenvalue weighted by atomic mass is 16.5. The van der Waals surface area contributed by atoms with Crippen LogP contribution in [0.25, 0.3) is 0 Å². The lowest BCUT2D eigenvalue weighted by molar-refractivity contribution is 0.102. The second-order valence-corrected chi connectivity index (χ2v) is 7.14. The molecule has 0 bridgehead atoms. The Morgan fingerprint density at radius 1 is 1.32 bits per heavy atom. The van der Waals surface area contributed by atoms with Crippen LogP contribution in [0.4, 0.5) is 4.79 Å². The molecule has 2 fully saturated rings. The molecule has 2 amide bonds. The van der Waals surface area contributed by atoms with E-state index in [2.05, 4.69) is 15.5 Å². The molecule has 1 saturated heterocycles. The van der Waals surface area contributed by atoms with Crippen LogP contribution in [0.1, 0.15) is 63.1 Å². The molecule has 1 saturated carbocycles. The molecule has 1 atom stereocenters. The van der Waals surface area contributed by atoms with Gasteiger partial charge in [0, 0.05) is 32.7 Å². The van der Waals surface area contributed by atoms with E-state index in [4.69, 9.17) is 9.26 Å². The molecule has 25 heavy (non-hydrogen) atoms. The average molecular weight is 350 g/mol. The van der Waals surface area contributed by atoms with E-state index in [0.29, 0.717) is 37.8 Å². The van der Waals surface area contributed by atoms with Crippen molar-refractivity contribution in [2.24, 2.45) is 5.92 Å². The first kappa shape index (κ1) is 18.2. The number of carbonyl (C=O) groups excluding carboxylic acids is 1. The SMILES string of the molecule is CCNC(=O)N1CCCC(c2nc(CCOCC3CCCC3)no2)C1. The van der Waals surface area contributed by atoms with E-state index in [9.17, 15) is 4.79 Å². The van der Waals surface area contributed by atoms with Crippen molar-refractivity contribution in [1.82, 2.24) is 20.4 Å². The van der Waals surface area contributed by atoms with E-state index < -0.39 is 0 Å². The maximum atomic E-state index is 12.0. The largest absolute Gasteiger partial charge is 0.381 e. The summed E-state index contributed by atoms with van der Waals surface area (Å²) in [5.41, 5.74) is 0. The van der Waals surface area contributed by atoms with Crippen molar-refractivity contribution in [2.45, 2.75) is 57.8 Å². The lowest BCUT2D eigenvalue weighted by Crippen LogP contribution is -2.44. The smallest absolute Gasteiger partial charge is 0.317 e. The van der Waals surface area contributed by atoms with E-state index in [1.165, 1.54) is 25.7 Å². The van der Waals surface area contributed by atoms with Crippen LogP contribution in [0.15, 0.2) is 4.52 Å². The maximum absolute atomic E-state index is 12.0. The average Bonchev–Trinajstić information content (AvgIpc) is 3.31. The van der Waals surface area contributed by atoms with Crippen LogP contribution in [-0.2, 0) is 11.2 Å². The number of nitrogens with zero attached hydrogens (tertiary/aromatic N) is 3. The molecule has 2 heterocycles. The minimum Gasteiger partial charge on any atom is -0.381 e. The minimum atomic E-state index is -0.00717. The topological polar surface area (TPSA) is 80.5 Å². The predicted octanol–water partition coefficient (Wildman–Crippen LogP) is 2.73. The molecule has 0 aromatic carbocycles. The fourth-order valence-electron chi connectivity index (χ4n) is 3.75. The summed E-state index contributed by atoms with van der Waals surface area (Å²) < 4.78 is 11.2. The van der Waals surface area contributed by atoms with Crippen molar-refractivity contribution in [1.29, 1.82) is 0 Å². The van der Waals surface area contributed by atoms with Crippen LogP contribution in [0.2, 0.25) is 0 Å². The third-order valence-electron chi connectivity index (χ3n) is 5.17. The van der Waals surface area contributed by atoms with Gasteiger partial charge in [0.15, 0.2) is 5.82 Å². The van der Waals surface area contributed by atoms with Crippen LogP contribution in [0.3, 0.4) is 0 Å². The first-order valence-electron chi connectivity index (χ1n) is 9.69. The summed E-state index contributed by atoms with van der Waals surface area (Å²) in [6, 6.07) is -0.00717. The normalized spacial score (nSPS) is 21.6. The molecule has 1 aromatic rings. The van der Waals surface area contributed by atoms with Gasteiger partial charge in [0.2, 0.25) is 5.89 Å². The van der Waals surface area contributed by atoms with Gasteiger partial charge in [-0.15, -0.1) is 0 Å². The van der Waals surface area contributed by atoms with Crippen LogP contribution in [0.5, 0.6) is 0 Å². The van der Waals surface area contributed by atoms with Gasteiger partial charge in [-0.25, -0.2) is 4.79 Å². The van der Waals surface area contributed by atoms with E-state index in [0.717, 1.165) is 31.9 Å². The number of nitrogens with one attached hydrogen (secondary N) is 1. The van der Waals surface area contributed by atoms with Crippen molar-refractivity contribution in [3.63, 3.8) is 0 Å². The van der Waals surface area contributed by atoms with Gasteiger partial charge in [0.1, 0.15) is 0 Å². The summed E-state index contributed by atoms with van der Waals surface area (Å²) in [5, 5.41) is 6.94. The summed E-state index contributed by atoms with van der Waals surface area (Å²) in [6.07, 6.45) is 7.92. The van der Waals surface area contributed by atoms with Crippen LogP contribution in [0, 0.1) is 5.92 Å². The van der Waals surface area contributed by atoms with Crippen molar-refractivity contribution < 1.29 is 14.1 Å². The van der Waals surface area contributed by atoms with Gasteiger partial charge in [-0.05, 0) is 38.5 Å². The Morgan fingerprint density at radius 3 is 2.96 bits per heavy atom. The Hall–Kier alpha value is -1.63. The number of hydrogen-bond donors (Lipinski definition) is 1. The van der Waals surface area contributed by atoms with E-state index in [-0.39, 0.29) is 11.9 Å². The third-order valence-corrected chi connectivity index (χ3v) is 5.17. The number of ether oxygens (including phenoxy) is 1. The van der Waals surface area contributed by atoms with Crippen molar-refractivity contribution in [2.75, 3.05) is 32.8 Å². The first-order valence-corrected chi connectivity index (χ1v) is 9.69. The number of likely N-dealkylation sites (tertiary alicyclic amines) is 1. The first-order chi connectivity index (χ1) is 12.3. The van der Waals surface area contributed by atoms with Gasteiger partial charge in [0.05, 0.1) is 12.5 Å². The fourth-order valence-corrected chi connectivity index (χ4v) is 3.75. The molecule has 1 aromatic heterocycles. The summed E-state index contributed by atoms with van der Waals surface area (Å²) in [7, 11) is 0. The number of rotatable bonds is 7. The number of amides is 2. The molecule has 1 aliphatic carbocycles. The molecular formula is C18H30N4O3. The number of aromatic nitrogens is 2. The molecule has 2 aliphatic rings. The maximum Gasteiger partial charge on any atom is 0.317 e. The molecule has 0 radical (unpaired) electrons. The minimum absolute atomic E-state index is 0.00717. The van der Waals surface area contributed by atoms with Crippen LogP contribution in [-0.4, -0.2) is 53.9 Å². The second-order valence-electron chi connectivity index (χ2n) is 7.14.